The first-order chi connectivity index (χ1) is 14.6. The minimum atomic E-state index is -0.525. The van der Waals surface area contributed by atoms with Gasteiger partial charge in [-0.25, -0.2) is 13.5 Å². The lowest BCUT2D eigenvalue weighted by Crippen LogP contribution is -2.22. The lowest BCUT2D eigenvalue weighted by Gasteiger charge is -2.24. The molecule has 0 fully saturated rings. The fourth-order valence-electron chi connectivity index (χ4n) is 3.30. The minimum Gasteiger partial charge on any atom is -0.494 e. The number of methoxy groups -OCH3 is 1. The Morgan fingerprint density at radius 2 is 1.97 bits per heavy atom. The van der Waals surface area contributed by atoms with Crippen molar-refractivity contribution < 1.29 is 22.8 Å². The summed E-state index contributed by atoms with van der Waals surface area (Å²) in [6.07, 6.45) is -0.270. The summed E-state index contributed by atoms with van der Waals surface area (Å²) in [5.41, 5.74) is 2.38. The van der Waals surface area contributed by atoms with Gasteiger partial charge in [0.1, 0.15) is 11.9 Å². The summed E-state index contributed by atoms with van der Waals surface area (Å²) in [6.45, 7) is 0.637. The average Bonchev–Trinajstić information content (AvgIpc) is 3.41. The van der Waals surface area contributed by atoms with Crippen LogP contribution < -0.4 is 4.74 Å². The van der Waals surface area contributed by atoms with E-state index in [1.807, 2.05) is 0 Å². The van der Waals surface area contributed by atoms with Gasteiger partial charge in [-0.3, -0.25) is 0 Å². The Bertz CT molecular complexity index is 1210. The second-order valence-electron chi connectivity index (χ2n) is 6.69. The molecule has 1 aliphatic rings. The average molecular weight is 411 g/mol. The lowest BCUT2D eigenvalue weighted by atomic mass is 10.1. The molecule has 8 nitrogen and oxygen atoms in total. The molecule has 3 heterocycles. The molecule has 0 radical (unpaired) electrons. The Labute approximate surface area is 169 Å². The number of nitrogens with zero attached hydrogens (tertiary/aromatic N) is 5. The number of fused-ring (bicyclic) bond motifs is 1. The van der Waals surface area contributed by atoms with E-state index >= 15 is 0 Å². The van der Waals surface area contributed by atoms with Crippen molar-refractivity contribution in [2.75, 3.05) is 7.11 Å². The lowest BCUT2D eigenvalue weighted by molar-refractivity contribution is -0.00120. The summed E-state index contributed by atoms with van der Waals surface area (Å²) >= 11 is 0. The number of ether oxygens (including phenoxy) is 2. The molecular formula is C20H15F2N5O3. The molecule has 0 bridgehead atoms. The van der Waals surface area contributed by atoms with Gasteiger partial charge in [-0.15, -0.1) is 5.10 Å². The van der Waals surface area contributed by atoms with Gasteiger partial charge >= 0.3 is 0 Å². The van der Waals surface area contributed by atoms with E-state index in [1.54, 1.807) is 22.9 Å². The zero-order valence-corrected chi connectivity index (χ0v) is 15.7. The summed E-state index contributed by atoms with van der Waals surface area (Å²) in [4.78, 5) is 4.32. The van der Waals surface area contributed by atoms with E-state index in [4.69, 9.17) is 14.0 Å². The number of halogens is 2. The van der Waals surface area contributed by atoms with Gasteiger partial charge in [0, 0.05) is 5.56 Å². The fourth-order valence-corrected chi connectivity index (χ4v) is 3.30. The summed E-state index contributed by atoms with van der Waals surface area (Å²) in [6, 6.07) is 10.5. The Hall–Kier alpha value is -3.66. The predicted octanol–water partition coefficient (Wildman–Crippen LogP) is 3.55. The standard InChI is InChI=1S/C20H15F2N5O3/c1-28-16-7-4-12(8-14(16)22)19-23-20(30-25-19)18-15-10-29-17(9-27(15)26-24-18)11-2-5-13(21)6-3-11/h2-8,17H,9-10H2,1H3/t17-/m1/s1. The van der Waals surface area contributed by atoms with Crippen LogP contribution in [0, 0.1) is 11.6 Å². The maximum Gasteiger partial charge on any atom is 0.280 e. The highest BCUT2D eigenvalue weighted by Crippen LogP contribution is 2.31. The van der Waals surface area contributed by atoms with Crippen molar-refractivity contribution in [1.29, 1.82) is 0 Å². The van der Waals surface area contributed by atoms with Crippen LogP contribution in [0.15, 0.2) is 47.0 Å². The zero-order chi connectivity index (χ0) is 20.7. The molecule has 10 heteroatoms. The first-order valence-corrected chi connectivity index (χ1v) is 9.10. The van der Waals surface area contributed by atoms with E-state index < -0.39 is 5.82 Å². The first-order valence-electron chi connectivity index (χ1n) is 9.10. The second kappa shape index (κ2) is 7.30. The van der Waals surface area contributed by atoms with Crippen molar-refractivity contribution in [1.82, 2.24) is 25.1 Å². The zero-order valence-electron chi connectivity index (χ0n) is 15.7. The SMILES string of the molecule is COc1ccc(-c2noc(-c3nnn4c3CO[C@@H](c3ccc(F)cc3)C4)n2)cc1F. The highest BCUT2D eigenvalue weighted by molar-refractivity contribution is 5.59. The van der Waals surface area contributed by atoms with Crippen molar-refractivity contribution in [3.05, 3.63) is 65.4 Å². The van der Waals surface area contributed by atoms with E-state index in [0.29, 0.717) is 23.5 Å². The molecule has 5 rings (SSSR count). The van der Waals surface area contributed by atoms with Gasteiger partial charge in [0.25, 0.3) is 5.89 Å². The molecule has 1 atom stereocenters. The van der Waals surface area contributed by atoms with Crippen molar-refractivity contribution in [2.45, 2.75) is 19.3 Å². The molecule has 30 heavy (non-hydrogen) atoms. The molecule has 0 N–H and O–H groups in total. The maximum absolute atomic E-state index is 14.0. The van der Waals surface area contributed by atoms with Crippen molar-refractivity contribution in [3.63, 3.8) is 0 Å². The van der Waals surface area contributed by atoms with Crippen molar-refractivity contribution >= 4 is 0 Å². The molecule has 0 amide bonds. The molecule has 0 aliphatic carbocycles. The molecular weight excluding hydrogens is 396 g/mol. The number of rotatable bonds is 4. The summed E-state index contributed by atoms with van der Waals surface area (Å²) < 4.78 is 45.0. The third kappa shape index (κ3) is 3.20. The highest BCUT2D eigenvalue weighted by atomic mass is 19.1. The van der Waals surface area contributed by atoms with Crippen LogP contribution in [-0.4, -0.2) is 32.2 Å². The molecule has 0 saturated carbocycles. The van der Waals surface area contributed by atoms with Gasteiger partial charge in [0.2, 0.25) is 5.82 Å². The van der Waals surface area contributed by atoms with Crippen molar-refractivity contribution in [2.24, 2.45) is 0 Å². The largest absolute Gasteiger partial charge is 0.494 e. The van der Waals surface area contributed by atoms with E-state index in [0.717, 1.165) is 5.56 Å². The van der Waals surface area contributed by atoms with Crippen LogP contribution >= 0.6 is 0 Å². The normalized spacial score (nSPS) is 15.8. The number of benzene rings is 2. The van der Waals surface area contributed by atoms with Crippen LogP contribution in [0.3, 0.4) is 0 Å². The molecule has 4 aromatic rings. The smallest absolute Gasteiger partial charge is 0.280 e. The Morgan fingerprint density at radius 3 is 2.73 bits per heavy atom. The van der Waals surface area contributed by atoms with Crippen LogP contribution in [0.5, 0.6) is 5.75 Å². The van der Waals surface area contributed by atoms with Gasteiger partial charge in [-0.05, 0) is 35.9 Å². The van der Waals surface area contributed by atoms with Crippen molar-refractivity contribution in [3.8, 4) is 28.7 Å². The number of hydrogen-bond acceptors (Lipinski definition) is 7. The van der Waals surface area contributed by atoms with Gasteiger partial charge < -0.3 is 14.0 Å². The number of hydrogen-bond donors (Lipinski definition) is 0. The molecule has 152 valence electrons. The Kier molecular flexibility index (Phi) is 4.47. The predicted molar refractivity (Wildman–Crippen MR) is 99.2 cm³/mol. The van der Waals surface area contributed by atoms with E-state index in [2.05, 4.69) is 20.5 Å². The molecule has 2 aromatic heterocycles. The number of aromatic nitrogens is 5. The maximum atomic E-state index is 14.0. The van der Waals surface area contributed by atoms with Crippen LogP contribution in [0.2, 0.25) is 0 Å². The summed E-state index contributed by atoms with van der Waals surface area (Å²) in [5.74, 6) is -0.326. The molecule has 0 unspecified atom stereocenters. The van der Waals surface area contributed by atoms with Gasteiger partial charge in [0.05, 0.1) is 26.0 Å². The Morgan fingerprint density at radius 1 is 1.13 bits per heavy atom. The molecule has 0 spiro atoms. The van der Waals surface area contributed by atoms with Gasteiger partial charge in [-0.1, -0.05) is 22.5 Å². The third-order valence-electron chi connectivity index (χ3n) is 4.88. The van der Waals surface area contributed by atoms with Crippen LogP contribution in [-0.2, 0) is 17.9 Å². The second-order valence-corrected chi connectivity index (χ2v) is 6.69. The van der Waals surface area contributed by atoms with Gasteiger partial charge in [0.15, 0.2) is 17.3 Å². The topological polar surface area (TPSA) is 88.1 Å². The third-order valence-corrected chi connectivity index (χ3v) is 4.88. The summed E-state index contributed by atoms with van der Waals surface area (Å²) in [5, 5.41) is 12.2. The van der Waals surface area contributed by atoms with Gasteiger partial charge in [-0.2, -0.15) is 4.98 Å². The molecule has 1 aliphatic heterocycles. The quantitative estimate of drug-likeness (QED) is 0.507. The highest BCUT2D eigenvalue weighted by Gasteiger charge is 2.28. The summed E-state index contributed by atoms with van der Waals surface area (Å²) in [7, 11) is 1.39. The van der Waals surface area contributed by atoms with Crippen LogP contribution in [0.4, 0.5) is 8.78 Å². The first kappa shape index (κ1) is 18.4. The van der Waals surface area contributed by atoms with Crippen LogP contribution in [0.1, 0.15) is 17.4 Å². The molecule has 0 saturated heterocycles. The minimum absolute atomic E-state index is 0.127. The van der Waals surface area contributed by atoms with E-state index in [1.165, 1.54) is 31.4 Å². The van der Waals surface area contributed by atoms with E-state index in [-0.39, 0.29) is 36.0 Å². The fraction of sp³-hybridized carbons (Fsp3) is 0.200. The van der Waals surface area contributed by atoms with Crippen LogP contribution in [0.25, 0.3) is 23.0 Å². The molecule has 2 aromatic carbocycles. The monoisotopic (exact) mass is 411 g/mol. The van der Waals surface area contributed by atoms with E-state index in [9.17, 15) is 8.78 Å². The Balaban J connectivity index is 1.40.